The van der Waals surface area contributed by atoms with E-state index in [1.807, 2.05) is 12.1 Å². The molecule has 0 radical (unpaired) electrons. The van der Waals surface area contributed by atoms with Crippen LogP contribution in [0.1, 0.15) is 17.4 Å². The highest BCUT2D eigenvalue weighted by atomic mass is 32.1. The first-order valence-electron chi connectivity index (χ1n) is 10.1. The average molecular weight is 412 g/mol. The highest BCUT2D eigenvalue weighted by molar-refractivity contribution is 7.18. The zero-order chi connectivity index (χ0) is 19.8. The Morgan fingerprint density at radius 1 is 1.07 bits per heavy atom. The molecule has 0 saturated carbocycles. The van der Waals surface area contributed by atoms with Crippen LogP contribution in [0.25, 0.3) is 10.2 Å². The molecule has 29 heavy (non-hydrogen) atoms. The topological polar surface area (TPSA) is 62.8 Å². The fourth-order valence-electron chi connectivity index (χ4n) is 3.65. The van der Waals surface area contributed by atoms with E-state index in [1.54, 1.807) is 11.3 Å². The Kier molecular flexibility index (Phi) is 4.89. The molecule has 0 aliphatic carbocycles. The normalized spacial score (nSPS) is 16.6. The molecule has 0 amide bonds. The van der Waals surface area contributed by atoms with Gasteiger partial charge in [0, 0.05) is 37.6 Å². The van der Waals surface area contributed by atoms with Gasteiger partial charge in [-0.05, 0) is 37.2 Å². The van der Waals surface area contributed by atoms with Crippen molar-refractivity contribution in [2.45, 2.75) is 19.9 Å². The number of nitrogens with zero attached hydrogens (tertiary/aromatic N) is 4. The molecule has 1 aromatic carbocycles. The Bertz CT molecular complexity index is 1030. The first kappa shape index (κ1) is 18.4. The third-order valence-corrected chi connectivity index (χ3v) is 6.64. The lowest BCUT2D eigenvalue weighted by Gasteiger charge is -2.32. The molecule has 0 atom stereocenters. The smallest absolute Gasteiger partial charge is 0.231 e. The molecule has 8 heteroatoms. The zero-order valence-electron chi connectivity index (χ0n) is 16.8. The second-order valence-electron chi connectivity index (χ2n) is 7.49. The van der Waals surface area contributed by atoms with E-state index in [9.17, 15) is 0 Å². The van der Waals surface area contributed by atoms with E-state index >= 15 is 0 Å². The van der Waals surface area contributed by atoms with Crippen LogP contribution in [0.3, 0.4) is 0 Å². The molecule has 1 N–H and O–H groups in total. The summed E-state index contributed by atoms with van der Waals surface area (Å²) in [5.74, 6) is 3.33. The average Bonchev–Trinajstić information content (AvgIpc) is 3.38. The third-order valence-electron chi connectivity index (χ3n) is 5.46. The summed E-state index contributed by atoms with van der Waals surface area (Å²) in [5, 5.41) is 4.65. The van der Waals surface area contributed by atoms with E-state index in [0.29, 0.717) is 13.3 Å². The largest absolute Gasteiger partial charge is 0.454 e. The summed E-state index contributed by atoms with van der Waals surface area (Å²) in [5.41, 5.74) is 1.13. The quantitative estimate of drug-likeness (QED) is 0.691. The van der Waals surface area contributed by atoms with Crippen LogP contribution in [0.15, 0.2) is 24.3 Å². The van der Waals surface area contributed by atoms with Crippen LogP contribution < -0.4 is 19.7 Å². The lowest BCUT2D eigenvalue weighted by molar-refractivity contribution is 0.174. The van der Waals surface area contributed by atoms with Crippen LogP contribution in [-0.2, 0) is 13.0 Å². The minimum Gasteiger partial charge on any atom is -0.454 e. The van der Waals surface area contributed by atoms with Gasteiger partial charge in [-0.15, -0.1) is 11.3 Å². The number of benzene rings is 1. The first-order chi connectivity index (χ1) is 14.2. The van der Waals surface area contributed by atoms with Gasteiger partial charge in [-0.3, -0.25) is 0 Å². The van der Waals surface area contributed by atoms with Crippen LogP contribution in [0.5, 0.6) is 11.5 Å². The predicted molar refractivity (Wildman–Crippen MR) is 116 cm³/mol. The minimum absolute atomic E-state index is 0.293. The molecule has 0 bridgehead atoms. The summed E-state index contributed by atoms with van der Waals surface area (Å²) in [7, 11) is 2.16. The second kappa shape index (κ2) is 7.68. The van der Waals surface area contributed by atoms with Gasteiger partial charge in [-0.2, -0.15) is 4.98 Å². The van der Waals surface area contributed by atoms with Crippen LogP contribution in [0, 0.1) is 0 Å². The van der Waals surface area contributed by atoms with E-state index in [4.69, 9.17) is 19.4 Å². The Hall–Kier alpha value is -2.58. The number of aromatic nitrogens is 2. The number of aryl methyl sites for hydroxylation is 1. The molecule has 4 heterocycles. The molecule has 2 aliphatic heterocycles. The van der Waals surface area contributed by atoms with Gasteiger partial charge < -0.3 is 24.6 Å². The van der Waals surface area contributed by atoms with E-state index in [0.717, 1.165) is 71.6 Å². The van der Waals surface area contributed by atoms with E-state index in [2.05, 4.69) is 41.2 Å². The molecule has 0 spiro atoms. The molecule has 5 rings (SSSR count). The maximum Gasteiger partial charge on any atom is 0.231 e. The summed E-state index contributed by atoms with van der Waals surface area (Å²) in [4.78, 5) is 16.8. The molecule has 2 aromatic heterocycles. The summed E-state index contributed by atoms with van der Waals surface area (Å²) in [6.07, 6.45) is 1.01. The number of nitrogens with one attached hydrogen (secondary N) is 1. The number of likely N-dealkylation sites (N-methyl/N-ethyl adjacent to an activating group) is 1. The maximum absolute atomic E-state index is 5.50. The van der Waals surface area contributed by atoms with Crippen molar-refractivity contribution < 1.29 is 9.47 Å². The SMILES string of the molecule is CCc1cc2c(NCc3ccc4c(c3)OCO4)nc(N3CCN(C)CC3)nc2s1. The van der Waals surface area contributed by atoms with Gasteiger partial charge in [-0.1, -0.05) is 13.0 Å². The second-order valence-corrected chi connectivity index (χ2v) is 8.60. The van der Waals surface area contributed by atoms with Crippen molar-refractivity contribution in [2.24, 2.45) is 0 Å². The number of ether oxygens (including phenoxy) is 2. The molecule has 2 aliphatic rings. The van der Waals surface area contributed by atoms with E-state index < -0.39 is 0 Å². The maximum atomic E-state index is 5.50. The molecule has 1 saturated heterocycles. The lowest BCUT2D eigenvalue weighted by Crippen LogP contribution is -2.45. The number of hydrogen-bond acceptors (Lipinski definition) is 8. The van der Waals surface area contributed by atoms with E-state index in [1.165, 1.54) is 4.88 Å². The number of anilines is 2. The molecule has 7 nitrogen and oxygen atoms in total. The Labute approximate surface area is 174 Å². The summed E-state index contributed by atoms with van der Waals surface area (Å²) >= 11 is 1.76. The minimum atomic E-state index is 0.293. The molecule has 3 aromatic rings. The van der Waals surface area contributed by atoms with Crippen LogP contribution in [0.4, 0.5) is 11.8 Å². The fourth-order valence-corrected chi connectivity index (χ4v) is 4.62. The Balaban J connectivity index is 1.43. The van der Waals surface area contributed by atoms with Gasteiger partial charge in [0.2, 0.25) is 12.7 Å². The van der Waals surface area contributed by atoms with E-state index in [-0.39, 0.29) is 0 Å². The number of thiophene rings is 1. The van der Waals surface area contributed by atoms with Crippen molar-refractivity contribution in [2.75, 3.05) is 50.2 Å². The van der Waals surface area contributed by atoms with Crippen LogP contribution in [-0.4, -0.2) is 54.9 Å². The predicted octanol–water partition coefficient (Wildman–Crippen LogP) is 3.35. The third kappa shape index (κ3) is 3.70. The van der Waals surface area contributed by atoms with Crippen molar-refractivity contribution in [3.63, 3.8) is 0 Å². The van der Waals surface area contributed by atoms with Gasteiger partial charge in [0.1, 0.15) is 10.6 Å². The molecule has 0 unspecified atom stereocenters. The van der Waals surface area contributed by atoms with Gasteiger partial charge in [0.25, 0.3) is 0 Å². The van der Waals surface area contributed by atoms with Crippen LogP contribution in [0.2, 0.25) is 0 Å². The number of hydrogen-bond donors (Lipinski definition) is 1. The van der Waals surface area contributed by atoms with Crippen molar-refractivity contribution >= 4 is 33.3 Å². The fraction of sp³-hybridized carbons (Fsp3) is 0.429. The van der Waals surface area contributed by atoms with Crippen molar-refractivity contribution in [1.29, 1.82) is 0 Å². The molecular weight excluding hydrogens is 386 g/mol. The Morgan fingerprint density at radius 3 is 2.72 bits per heavy atom. The number of piperazine rings is 1. The molecule has 1 fully saturated rings. The van der Waals surface area contributed by atoms with Gasteiger partial charge in [-0.25, -0.2) is 4.98 Å². The summed E-state index contributed by atoms with van der Waals surface area (Å²) in [6, 6.07) is 8.27. The summed E-state index contributed by atoms with van der Waals surface area (Å²) in [6.45, 7) is 7.12. The first-order valence-corrected chi connectivity index (χ1v) is 10.9. The molecular formula is C21H25N5O2S. The zero-order valence-corrected chi connectivity index (χ0v) is 17.6. The van der Waals surface area contributed by atoms with Crippen molar-refractivity contribution in [1.82, 2.24) is 14.9 Å². The van der Waals surface area contributed by atoms with Crippen molar-refractivity contribution in [3.05, 3.63) is 34.7 Å². The Morgan fingerprint density at radius 2 is 1.90 bits per heavy atom. The number of fused-ring (bicyclic) bond motifs is 2. The van der Waals surface area contributed by atoms with Crippen molar-refractivity contribution in [3.8, 4) is 11.5 Å². The highest BCUT2D eigenvalue weighted by Gasteiger charge is 2.20. The van der Waals surface area contributed by atoms with Gasteiger partial charge in [0.15, 0.2) is 11.5 Å². The highest BCUT2D eigenvalue weighted by Crippen LogP contribution is 2.34. The summed E-state index contributed by atoms with van der Waals surface area (Å²) < 4.78 is 10.9. The monoisotopic (exact) mass is 411 g/mol. The molecule has 152 valence electrons. The lowest BCUT2D eigenvalue weighted by atomic mass is 10.2. The van der Waals surface area contributed by atoms with Crippen LogP contribution >= 0.6 is 11.3 Å². The van der Waals surface area contributed by atoms with Gasteiger partial charge >= 0.3 is 0 Å². The van der Waals surface area contributed by atoms with Gasteiger partial charge in [0.05, 0.1) is 5.39 Å². The standard InChI is InChI=1S/C21H25N5O2S/c1-3-15-11-16-19(22-12-14-4-5-17-18(10-14)28-13-27-17)23-21(24-20(16)29-15)26-8-6-25(2)7-9-26/h4-5,10-11H,3,6-9,12-13H2,1-2H3,(H,22,23,24). The number of rotatable bonds is 5.